The van der Waals surface area contributed by atoms with E-state index in [0.717, 1.165) is 11.1 Å². The summed E-state index contributed by atoms with van der Waals surface area (Å²) in [6.45, 7) is 0.605. The Morgan fingerprint density at radius 2 is 1.43 bits per heavy atom. The van der Waals surface area contributed by atoms with Crippen molar-refractivity contribution in [3.63, 3.8) is 0 Å². The van der Waals surface area contributed by atoms with E-state index < -0.39 is 0 Å². The van der Waals surface area contributed by atoms with Crippen LogP contribution in [-0.2, 0) is 6.54 Å². The Bertz CT molecular complexity index is 646. The molecule has 0 unspecified atom stereocenters. The Balaban J connectivity index is 1.87. The minimum atomic E-state index is 0.0258. The minimum Gasteiger partial charge on any atom is -0.324 e. The molecule has 0 aliphatic heterocycles. The molecule has 2 aromatic carbocycles. The Labute approximate surface area is 125 Å². The van der Waals surface area contributed by atoms with Crippen LogP contribution in [0.1, 0.15) is 15.9 Å². The average molecular weight is 275 g/mol. The Morgan fingerprint density at radius 1 is 0.857 bits per heavy atom. The number of amides is 1. The fourth-order valence-electron chi connectivity index (χ4n) is 2.47. The third kappa shape index (κ3) is 3.11. The van der Waals surface area contributed by atoms with Crippen molar-refractivity contribution in [1.82, 2.24) is 4.90 Å². The highest BCUT2D eigenvalue weighted by molar-refractivity contribution is 5.94. The van der Waals surface area contributed by atoms with E-state index in [1.54, 1.807) is 0 Å². The number of rotatable bonds is 4. The second-order valence-electron chi connectivity index (χ2n) is 5.05. The van der Waals surface area contributed by atoms with Gasteiger partial charge in [-0.2, -0.15) is 0 Å². The van der Waals surface area contributed by atoms with E-state index in [2.05, 4.69) is 0 Å². The lowest BCUT2D eigenvalue weighted by Crippen LogP contribution is -2.37. The molecule has 0 saturated heterocycles. The first kappa shape index (κ1) is 13.4. The van der Waals surface area contributed by atoms with Gasteiger partial charge in [-0.3, -0.25) is 4.79 Å². The maximum absolute atomic E-state index is 12.8. The summed E-state index contributed by atoms with van der Waals surface area (Å²) >= 11 is 0. The van der Waals surface area contributed by atoms with E-state index in [0.29, 0.717) is 6.54 Å². The number of allylic oxidation sites excluding steroid dienone is 2. The molecule has 0 fully saturated rings. The van der Waals surface area contributed by atoms with Crippen LogP contribution in [0, 0.1) is 0 Å². The minimum absolute atomic E-state index is 0.0258. The molecule has 2 heteroatoms. The maximum Gasteiger partial charge on any atom is 0.254 e. The van der Waals surface area contributed by atoms with Crippen LogP contribution in [0.4, 0.5) is 0 Å². The van der Waals surface area contributed by atoms with E-state index in [-0.39, 0.29) is 11.9 Å². The van der Waals surface area contributed by atoms with Crippen LogP contribution in [0.3, 0.4) is 0 Å². The zero-order valence-corrected chi connectivity index (χ0v) is 11.7. The second kappa shape index (κ2) is 6.23. The van der Waals surface area contributed by atoms with Crippen molar-refractivity contribution in [2.45, 2.75) is 12.6 Å². The summed E-state index contributed by atoms with van der Waals surface area (Å²) < 4.78 is 0. The predicted octanol–water partition coefficient (Wildman–Crippen LogP) is 3.82. The molecule has 0 radical (unpaired) electrons. The normalized spacial score (nSPS) is 13.5. The van der Waals surface area contributed by atoms with Crippen molar-refractivity contribution in [1.29, 1.82) is 0 Å². The molecule has 0 bridgehead atoms. The van der Waals surface area contributed by atoms with Crippen LogP contribution < -0.4 is 0 Å². The van der Waals surface area contributed by atoms with Gasteiger partial charge in [-0.05, 0) is 17.7 Å². The number of nitrogens with zero attached hydrogens (tertiary/aromatic N) is 1. The fraction of sp³-hybridized carbons (Fsp3) is 0.105. The van der Waals surface area contributed by atoms with Crippen LogP contribution >= 0.6 is 0 Å². The van der Waals surface area contributed by atoms with Gasteiger partial charge in [0, 0.05) is 12.1 Å². The van der Waals surface area contributed by atoms with Crippen molar-refractivity contribution in [3.8, 4) is 0 Å². The second-order valence-corrected chi connectivity index (χ2v) is 5.05. The zero-order valence-electron chi connectivity index (χ0n) is 11.7. The third-order valence-corrected chi connectivity index (χ3v) is 3.56. The highest BCUT2D eigenvalue weighted by Gasteiger charge is 2.22. The number of carbonyl (C=O) groups is 1. The number of carbonyl (C=O) groups excluding carboxylic acids is 1. The van der Waals surface area contributed by atoms with E-state index >= 15 is 0 Å². The van der Waals surface area contributed by atoms with Gasteiger partial charge in [0.2, 0.25) is 0 Å². The largest absolute Gasteiger partial charge is 0.324 e. The van der Waals surface area contributed by atoms with Crippen molar-refractivity contribution in [2.75, 3.05) is 0 Å². The number of benzene rings is 2. The summed E-state index contributed by atoms with van der Waals surface area (Å²) in [5.41, 5.74) is 1.86. The molecule has 1 amide bonds. The van der Waals surface area contributed by atoms with Crippen molar-refractivity contribution in [2.24, 2.45) is 0 Å². The highest BCUT2D eigenvalue weighted by atomic mass is 16.2. The van der Waals surface area contributed by atoms with Gasteiger partial charge in [0.1, 0.15) is 0 Å². The summed E-state index contributed by atoms with van der Waals surface area (Å²) in [7, 11) is 0. The average Bonchev–Trinajstić information content (AvgIpc) is 3.08. The van der Waals surface area contributed by atoms with Crippen LogP contribution in [0.25, 0.3) is 0 Å². The molecule has 0 aromatic heterocycles. The predicted molar refractivity (Wildman–Crippen MR) is 84.8 cm³/mol. The summed E-state index contributed by atoms with van der Waals surface area (Å²) in [4.78, 5) is 14.7. The monoisotopic (exact) mass is 275 g/mol. The molecule has 0 heterocycles. The number of hydrogen-bond acceptors (Lipinski definition) is 1. The summed E-state index contributed by atoms with van der Waals surface area (Å²) in [6.07, 6.45) is 8.06. The lowest BCUT2D eigenvalue weighted by Gasteiger charge is -2.27. The third-order valence-electron chi connectivity index (χ3n) is 3.56. The van der Waals surface area contributed by atoms with Gasteiger partial charge in [0.15, 0.2) is 0 Å². The van der Waals surface area contributed by atoms with Crippen molar-refractivity contribution < 1.29 is 4.79 Å². The smallest absolute Gasteiger partial charge is 0.254 e. The molecule has 0 N–H and O–H groups in total. The highest BCUT2D eigenvalue weighted by Crippen LogP contribution is 2.17. The van der Waals surface area contributed by atoms with Crippen molar-refractivity contribution in [3.05, 3.63) is 96.1 Å². The molecule has 0 atom stereocenters. The first-order valence-electron chi connectivity index (χ1n) is 7.09. The van der Waals surface area contributed by atoms with Gasteiger partial charge in [-0.25, -0.2) is 0 Å². The molecule has 2 aromatic rings. The summed E-state index contributed by atoms with van der Waals surface area (Å²) in [6, 6.07) is 19.6. The lowest BCUT2D eigenvalue weighted by atomic mass is 10.1. The van der Waals surface area contributed by atoms with Crippen molar-refractivity contribution >= 4 is 5.91 Å². The van der Waals surface area contributed by atoms with E-state index in [1.165, 1.54) is 0 Å². The van der Waals surface area contributed by atoms with E-state index in [1.807, 2.05) is 89.9 Å². The Morgan fingerprint density at radius 3 is 2.05 bits per heavy atom. The number of hydrogen-bond donors (Lipinski definition) is 0. The van der Waals surface area contributed by atoms with Gasteiger partial charge in [-0.15, -0.1) is 0 Å². The van der Waals surface area contributed by atoms with Crippen LogP contribution in [0.15, 0.2) is 85.0 Å². The quantitative estimate of drug-likeness (QED) is 0.830. The molecule has 3 rings (SSSR count). The summed E-state index contributed by atoms with van der Waals surface area (Å²) in [5.74, 6) is 0.0562. The Kier molecular flexibility index (Phi) is 3.97. The first-order chi connectivity index (χ1) is 10.3. The molecule has 1 aliphatic rings. The van der Waals surface area contributed by atoms with Gasteiger partial charge in [0.05, 0.1) is 6.04 Å². The molecule has 104 valence electrons. The van der Waals surface area contributed by atoms with Crippen LogP contribution in [0.2, 0.25) is 0 Å². The fourth-order valence-corrected chi connectivity index (χ4v) is 2.47. The molecular weight excluding hydrogens is 258 g/mol. The first-order valence-corrected chi connectivity index (χ1v) is 7.09. The van der Waals surface area contributed by atoms with Crippen LogP contribution in [0.5, 0.6) is 0 Å². The molecule has 0 saturated carbocycles. The van der Waals surface area contributed by atoms with Gasteiger partial charge < -0.3 is 4.90 Å². The topological polar surface area (TPSA) is 20.3 Å². The molecule has 0 spiro atoms. The lowest BCUT2D eigenvalue weighted by molar-refractivity contribution is 0.0727. The maximum atomic E-state index is 12.8. The van der Waals surface area contributed by atoms with Gasteiger partial charge >= 0.3 is 0 Å². The van der Waals surface area contributed by atoms with E-state index in [9.17, 15) is 4.79 Å². The standard InChI is InChI=1S/C19H17NO/c21-19(17-11-5-2-6-12-17)20(18-13-7-8-14-18)15-16-9-3-1-4-10-16/h1-14,18H,15H2. The van der Waals surface area contributed by atoms with E-state index in [4.69, 9.17) is 0 Å². The zero-order chi connectivity index (χ0) is 14.5. The van der Waals surface area contributed by atoms with Crippen LogP contribution in [-0.4, -0.2) is 16.8 Å². The summed E-state index contributed by atoms with van der Waals surface area (Å²) in [5, 5.41) is 0. The molecule has 1 aliphatic carbocycles. The van der Waals surface area contributed by atoms with Gasteiger partial charge in [-0.1, -0.05) is 72.8 Å². The SMILES string of the molecule is O=C(c1ccccc1)N(Cc1ccccc1)C1C=CC=C1. The molecule has 21 heavy (non-hydrogen) atoms. The Hall–Kier alpha value is -2.61. The van der Waals surface area contributed by atoms with Gasteiger partial charge in [0.25, 0.3) is 5.91 Å². The molecule has 2 nitrogen and oxygen atoms in total. The molecular formula is C19H17NO.